The van der Waals surface area contributed by atoms with Gasteiger partial charge in [-0.1, -0.05) is 86.6 Å². The summed E-state index contributed by atoms with van der Waals surface area (Å²) in [4.78, 5) is 13.3. The first kappa shape index (κ1) is 25.0. The van der Waals surface area contributed by atoms with Crippen LogP contribution in [0.25, 0.3) is 0 Å². The fourth-order valence-electron chi connectivity index (χ4n) is 3.80. The van der Waals surface area contributed by atoms with Crippen molar-refractivity contribution in [3.05, 3.63) is 131 Å². The van der Waals surface area contributed by atoms with E-state index < -0.39 is 0 Å². The van der Waals surface area contributed by atoms with Gasteiger partial charge in [-0.15, -0.1) is 0 Å². The van der Waals surface area contributed by atoms with Crippen molar-refractivity contribution in [3.63, 3.8) is 0 Å². The van der Waals surface area contributed by atoms with E-state index in [2.05, 4.69) is 19.2 Å². The molecule has 5 heteroatoms. The van der Waals surface area contributed by atoms with Crippen LogP contribution in [-0.4, -0.2) is 5.91 Å². The van der Waals surface area contributed by atoms with Crippen LogP contribution >= 0.6 is 0 Å². The number of nitrogens with one attached hydrogen (secondary N) is 1. The molecular formula is C31H30FNO3. The first-order chi connectivity index (χ1) is 17.5. The first-order valence-electron chi connectivity index (χ1n) is 12.0. The topological polar surface area (TPSA) is 47.6 Å². The average molecular weight is 484 g/mol. The Morgan fingerprint density at radius 2 is 1.31 bits per heavy atom. The molecular weight excluding hydrogens is 453 g/mol. The SMILES string of the molecule is CC(C)c1cc(C(=O)NCc2ccc(F)cc2)c(OCc2ccccc2)cc1OCc1ccccc1. The van der Waals surface area contributed by atoms with Crippen molar-refractivity contribution in [2.24, 2.45) is 0 Å². The highest BCUT2D eigenvalue weighted by atomic mass is 19.1. The molecule has 184 valence electrons. The smallest absolute Gasteiger partial charge is 0.255 e. The van der Waals surface area contributed by atoms with E-state index >= 15 is 0 Å². The van der Waals surface area contributed by atoms with Gasteiger partial charge in [0.05, 0.1) is 5.56 Å². The van der Waals surface area contributed by atoms with Gasteiger partial charge in [-0.05, 0) is 46.4 Å². The van der Waals surface area contributed by atoms with E-state index in [0.29, 0.717) is 30.3 Å². The van der Waals surface area contributed by atoms with E-state index in [9.17, 15) is 9.18 Å². The van der Waals surface area contributed by atoms with Crippen molar-refractivity contribution < 1.29 is 18.7 Å². The molecule has 0 aliphatic heterocycles. The van der Waals surface area contributed by atoms with Crippen molar-refractivity contribution in [1.29, 1.82) is 0 Å². The minimum atomic E-state index is -0.311. The number of amides is 1. The van der Waals surface area contributed by atoms with Crippen LogP contribution in [0.4, 0.5) is 4.39 Å². The van der Waals surface area contributed by atoms with Crippen molar-refractivity contribution in [3.8, 4) is 11.5 Å². The van der Waals surface area contributed by atoms with E-state index in [4.69, 9.17) is 9.47 Å². The number of halogens is 1. The lowest BCUT2D eigenvalue weighted by atomic mass is 9.98. The van der Waals surface area contributed by atoms with Gasteiger partial charge < -0.3 is 14.8 Å². The largest absolute Gasteiger partial charge is 0.488 e. The van der Waals surface area contributed by atoms with Crippen LogP contribution in [0.2, 0.25) is 0 Å². The second kappa shape index (κ2) is 12.0. The summed E-state index contributed by atoms with van der Waals surface area (Å²) in [7, 11) is 0. The minimum absolute atomic E-state index is 0.127. The lowest BCUT2D eigenvalue weighted by Gasteiger charge is -2.19. The van der Waals surface area contributed by atoms with Gasteiger partial charge in [-0.25, -0.2) is 4.39 Å². The number of carbonyl (C=O) groups excluding carboxylic acids is 1. The molecule has 4 rings (SSSR count). The zero-order valence-electron chi connectivity index (χ0n) is 20.5. The molecule has 0 spiro atoms. The zero-order chi connectivity index (χ0) is 25.3. The fourth-order valence-corrected chi connectivity index (χ4v) is 3.80. The highest BCUT2D eigenvalue weighted by Gasteiger charge is 2.20. The molecule has 0 aliphatic rings. The van der Waals surface area contributed by atoms with E-state index in [1.807, 2.05) is 72.8 Å². The maximum atomic E-state index is 13.3. The molecule has 0 bridgehead atoms. The molecule has 0 saturated heterocycles. The van der Waals surface area contributed by atoms with Crippen molar-refractivity contribution in [1.82, 2.24) is 5.32 Å². The van der Waals surface area contributed by atoms with Crippen LogP contribution in [0, 0.1) is 5.82 Å². The normalized spacial score (nSPS) is 10.8. The highest BCUT2D eigenvalue weighted by Crippen LogP contribution is 2.35. The lowest BCUT2D eigenvalue weighted by molar-refractivity contribution is 0.0946. The minimum Gasteiger partial charge on any atom is -0.488 e. The van der Waals surface area contributed by atoms with Gasteiger partial charge in [0.2, 0.25) is 0 Å². The number of benzene rings is 4. The Labute approximate surface area is 211 Å². The molecule has 1 N–H and O–H groups in total. The third-order valence-electron chi connectivity index (χ3n) is 5.82. The number of carbonyl (C=O) groups is 1. The third-order valence-corrected chi connectivity index (χ3v) is 5.82. The van der Waals surface area contributed by atoms with Crippen LogP contribution in [0.3, 0.4) is 0 Å². The molecule has 0 unspecified atom stereocenters. The van der Waals surface area contributed by atoms with Crippen molar-refractivity contribution in [2.45, 2.75) is 39.5 Å². The van der Waals surface area contributed by atoms with Gasteiger partial charge in [0.25, 0.3) is 5.91 Å². The third kappa shape index (κ3) is 6.72. The molecule has 0 aromatic heterocycles. The summed E-state index contributed by atoms with van der Waals surface area (Å²) in [6.45, 7) is 5.14. The number of rotatable bonds is 10. The quantitative estimate of drug-likeness (QED) is 0.263. The molecule has 4 nitrogen and oxygen atoms in total. The highest BCUT2D eigenvalue weighted by molar-refractivity contribution is 5.97. The molecule has 36 heavy (non-hydrogen) atoms. The van der Waals surface area contributed by atoms with Crippen LogP contribution in [0.15, 0.2) is 97.1 Å². The summed E-state index contributed by atoms with van der Waals surface area (Å²) in [6.07, 6.45) is 0. The predicted octanol–water partition coefficient (Wildman–Crippen LogP) is 7.04. The second-order valence-electron chi connectivity index (χ2n) is 8.90. The number of ether oxygens (including phenoxy) is 2. The fraction of sp³-hybridized carbons (Fsp3) is 0.194. The van der Waals surface area contributed by atoms with Gasteiger partial charge in [0.15, 0.2) is 0 Å². The Morgan fingerprint density at radius 1 is 0.750 bits per heavy atom. The molecule has 1 amide bonds. The first-order valence-corrected chi connectivity index (χ1v) is 12.0. The summed E-state index contributed by atoms with van der Waals surface area (Å²) < 4.78 is 25.6. The lowest BCUT2D eigenvalue weighted by Crippen LogP contribution is -2.24. The summed E-state index contributed by atoms with van der Waals surface area (Å²) in [6, 6.07) is 29.5. The Morgan fingerprint density at radius 3 is 1.86 bits per heavy atom. The number of hydrogen-bond acceptors (Lipinski definition) is 3. The molecule has 4 aromatic rings. The molecule has 0 aliphatic carbocycles. The average Bonchev–Trinajstić information content (AvgIpc) is 2.91. The summed E-state index contributed by atoms with van der Waals surface area (Å²) >= 11 is 0. The summed E-state index contributed by atoms with van der Waals surface area (Å²) in [5, 5.41) is 2.93. The summed E-state index contributed by atoms with van der Waals surface area (Å²) in [5.41, 5.74) is 4.21. The van der Waals surface area contributed by atoms with Crippen LogP contribution < -0.4 is 14.8 Å². The van der Waals surface area contributed by atoms with Crippen molar-refractivity contribution >= 4 is 5.91 Å². The summed E-state index contributed by atoms with van der Waals surface area (Å²) in [5.74, 6) is 0.686. The Kier molecular flexibility index (Phi) is 8.35. The molecule has 0 fully saturated rings. The van der Waals surface area contributed by atoms with Gasteiger partial charge in [0.1, 0.15) is 30.5 Å². The molecule has 4 aromatic carbocycles. The molecule has 0 heterocycles. The maximum absolute atomic E-state index is 13.3. The van der Waals surface area contributed by atoms with Gasteiger partial charge >= 0.3 is 0 Å². The van der Waals surface area contributed by atoms with Gasteiger partial charge in [-0.2, -0.15) is 0 Å². The van der Waals surface area contributed by atoms with Crippen LogP contribution in [-0.2, 0) is 19.8 Å². The maximum Gasteiger partial charge on any atom is 0.255 e. The Balaban J connectivity index is 1.61. The monoisotopic (exact) mass is 483 g/mol. The van der Waals surface area contributed by atoms with E-state index in [1.54, 1.807) is 12.1 Å². The van der Waals surface area contributed by atoms with Crippen LogP contribution in [0.1, 0.15) is 52.4 Å². The molecule has 0 saturated carbocycles. The molecule has 0 radical (unpaired) electrons. The number of hydrogen-bond donors (Lipinski definition) is 1. The Bertz CT molecular complexity index is 1270. The predicted molar refractivity (Wildman–Crippen MR) is 140 cm³/mol. The van der Waals surface area contributed by atoms with Gasteiger partial charge in [-0.3, -0.25) is 4.79 Å². The zero-order valence-corrected chi connectivity index (χ0v) is 20.5. The van der Waals surface area contributed by atoms with Crippen molar-refractivity contribution in [2.75, 3.05) is 0 Å². The van der Waals surface area contributed by atoms with E-state index in [1.165, 1.54) is 12.1 Å². The second-order valence-corrected chi connectivity index (χ2v) is 8.90. The van der Waals surface area contributed by atoms with E-state index in [0.717, 1.165) is 22.3 Å². The van der Waals surface area contributed by atoms with Crippen LogP contribution in [0.5, 0.6) is 11.5 Å². The molecule has 0 atom stereocenters. The van der Waals surface area contributed by atoms with Gasteiger partial charge in [0, 0.05) is 12.6 Å². The van der Waals surface area contributed by atoms with E-state index in [-0.39, 0.29) is 24.2 Å². The Hall–Kier alpha value is -4.12. The standard InChI is InChI=1S/C31H30FNO3/c1-22(2)27-17-28(31(34)33-19-23-13-15-26(32)16-14-23)30(36-21-25-11-7-4-8-12-25)18-29(27)35-20-24-9-5-3-6-10-24/h3-18,22H,19-21H2,1-2H3,(H,33,34).